The summed E-state index contributed by atoms with van der Waals surface area (Å²) in [6.45, 7) is 0.565. The van der Waals surface area contributed by atoms with Crippen molar-refractivity contribution in [3.63, 3.8) is 0 Å². The SMILES string of the molecule is NC(=O)CCNC(=O)CC1CS(=O)(=O)CCN1. The van der Waals surface area contributed by atoms with E-state index in [1.807, 2.05) is 0 Å². The number of nitrogens with one attached hydrogen (secondary N) is 2. The number of hydrogen-bond donors (Lipinski definition) is 3. The molecule has 1 fully saturated rings. The summed E-state index contributed by atoms with van der Waals surface area (Å²) < 4.78 is 22.6. The molecule has 1 aliphatic rings. The molecule has 8 heteroatoms. The highest BCUT2D eigenvalue weighted by Crippen LogP contribution is 2.04. The molecule has 0 saturated carbocycles. The number of sulfone groups is 1. The Bertz CT molecular complexity index is 393. The molecule has 0 radical (unpaired) electrons. The Labute approximate surface area is 100 Å². The fraction of sp³-hybridized carbons (Fsp3) is 0.778. The van der Waals surface area contributed by atoms with Crippen LogP contribution in [0.15, 0.2) is 0 Å². The number of carbonyl (C=O) groups excluding carboxylic acids is 2. The summed E-state index contributed by atoms with van der Waals surface area (Å²) in [6.07, 6.45) is 0.181. The Morgan fingerprint density at radius 1 is 1.41 bits per heavy atom. The molecule has 2 amide bonds. The van der Waals surface area contributed by atoms with Gasteiger partial charge in [-0.3, -0.25) is 9.59 Å². The normalized spacial score (nSPS) is 22.9. The van der Waals surface area contributed by atoms with E-state index in [0.717, 1.165) is 0 Å². The van der Waals surface area contributed by atoms with Crippen LogP contribution in [0, 0.1) is 0 Å². The highest BCUT2D eigenvalue weighted by atomic mass is 32.2. The molecule has 1 saturated heterocycles. The topological polar surface area (TPSA) is 118 Å². The molecular formula is C9H17N3O4S. The van der Waals surface area contributed by atoms with E-state index in [1.54, 1.807) is 0 Å². The Hall–Kier alpha value is -1.15. The van der Waals surface area contributed by atoms with Crippen molar-refractivity contribution in [1.82, 2.24) is 10.6 Å². The van der Waals surface area contributed by atoms with E-state index in [0.29, 0.717) is 6.54 Å². The molecule has 0 aliphatic carbocycles. The second-order valence-electron chi connectivity index (χ2n) is 4.04. The number of hydrogen-bond acceptors (Lipinski definition) is 5. The fourth-order valence-corrected chi connectivity index (χ4v) is 3.06. The van der Waals surface area contributed by atoms with Crippen LogP contribution in [-0.4, -0.2) is 50.9 Å². The van der Waals surface area contributed by atoms with Crippen LogP contribution in [0.5, 0.6) is 0 Å². The van der Waals surface area contributed by atoms with Crippen molar-refractivity contribution in [2.75, 3.05) is 24.6 Å². The van der Waals surface area contributed by atoms with Crippen molar-refractivity contribution in [3.8, 4) is 0 Å². The van der Waals surface area contributed by atoms with Crippen molar-refractivity contribution in [1.29, 1.82) is 0 Å². The van der Waals surface area contributed by atoms with E-state index in [4.69, 9.17) is 5.73 Å². The van der Waals surface area contributed by atoms with Gasteiger partial charge in [0.1, 0.15) is 0 Å². The molecule has 98 valence electrons. The van der Waals surface area contributed by atoms with E-state index >= 15 is 0 Å². The van der Waals surface area contributed by atoms with Gasteiger partial charge >= 0.3 is 0 Å². The molecule has 0 spiro atoms. The lowest BCUT2D eigenvalue weighted by Crippen LogP contribution is -2.47. The maximum Gasteiger partial charge on any atom is 0.221 e. The van der Waals surface area contributed by atoms with Gasteiger partial charge in [-0.05, 0) is 0 Å². The molecule has 1 unspecified atom stereocenters. The Morgan fingerprint density at radius 2 is 2.12 bits per heavy atom. The van der Waals surface area contributed by atoms with E-state index in [9.17, 15) is 18.0 Å². The zero-order chi connectivity index (χ0) is 12.9. The zero-order valence-electron chi connectivity index (χ0n) is 9.44. The summed E-state index contributed by atoms with van der Waals surface area (Å²) in [5, 5.41) is 5.49. The third-order valence-corrected chi connectivity index (χ3v) is 4.16. The van der Waals surface area contributed by atoms with Crippen LogP contribution >= 0.6 is 0 Å². The monoisotopic (exact) mass is 263 g/mol. The second kappa shape index (κ2) is 5.97. The number of carbonyl (C=O) groups is 2. The van der Waals surface area contributed by atoms with Crippen LogP contribution < -0.4 is 16.4 Å². The maximum absolute atomic E-state index is 11.4. The van der Waals surface area contributed by atoms with Crippen LogP contribution in [0.4, 0.5) is 0 Å². The van der Waals surface area contributed by atoms with E-state index in [2.05, 4.69) is 10.6 Å². The van der Waals surface area contributed by atoms with Crippen LogP contribution in [0.3, 0.4) is 0 Å². The quantitative estimate of drug-likeness (QED) is 0.518. The van der Waals surface area contributed by atoms with Crippen molar-refractivity contribution in [2.24, 2.45) is 5.73 Å². The summed E-state index contributed by atoms with van der Waals surface area (Å²) in [4.78, 5) is 21.8. The Balaban J connectivity index is 2.28. The number of amides is 2. The molecule has 0 bridgehead atoms. The number of primary amides is 1. The highest BCUT2D eigenvalue weighted by Gasteiger charge is 2.25. The first kappa shape index (κ1) is 13.9. The first-order valence-corrected chi connectivity index (χ1v) is 7.20. The third-order valence-electron chi connectivity index (χ3n) is 2.43. The van der Waals surface area contributed by atoms with Gasteiger partial charge in [-0.15, -0.1) is 0 Å². The van der Waals surface area contributed by atoms with Crippen LogP contribution in [0.25, 0.3) is 0 Å². The van der Waals surface area contributed by atoms with Gasteiger partial charge in [0.2, 0.25) is 11.8 Å². The van der Waals surface area contributed by atoms with Crippen molar-refractivity contribution < 1.29 is 18.0 Å². The van der Waals surface area contributed by atoms with Crippen LogP contribution in [0.1, 0.15) is 12.8 Å². The predicted octanol–water partition coefficient (Wildman–Crippen LogP) is -2.25. The second-order valence-corrected chi connectivity index (χ2v) is 6.26. The molecule has 1 aliphatic heterocycles. The van der Waals surface area contributed by atoms with Gasteiger partial charge < -0.3 is 16.4 Å². The number of nitrogens with two attached hydrogens (primary N) is 1. The van der Waals surface area contributed by atoms with E-state index in [1.165, 1.54) is 0 Å². The van der Waals surface area contributed by atoms with Crippen LogP contribution in [-0.2, 0) is 19.4 Å². The minimum atomic E-state index is -3.03. The summed E-state index contributed by atoms with van der Waals surface area (Å²) in [7, 11) is -3.03. The van der Waals surface area contributed by atoms with Crippen molar-refractivity contribution in [2.45, 2.75) is 18.9 Å². The predicted molar refractivity (Wildman–Crippen MR) is 61.9 cm³/mol. The highest BCUT2D eigenvalue weighted by molar-refractivity contribution is 7.91. The smallest absolute Gasteiger partial charge is 0.221 e. The molecule has 0 aromatic carbocycles. The molecule has 0 aromatic heterocycles. The third kappa shape index (κ3) is 5.64. The maximum atomic E-state index is 11.4. The van der Waals surface area contributed by atoms with Gasteiger partial charge in [0.25, 0.3) is 0 Å². The van der Waals surface area contributed by atoms with Crippen molar-refractivity contribution >= 4 is 21.7 Å². The van der Waals surface area contributed by atoms with Gasteiger partial charge in [0, 0.05) is 32.0 Å². The first-order valence-electron chi connectivity index (χ1n) is 5.38. The molecular weight excluding hydrogens is 246 g/mol. The summed E-state index contributed by atoms with van der Waals surface area (Å²) in [5.74, 6) is -0.659. The lowest BCUT2D eigenvalue weighted by molar-refractivity contribution is -0.121. The van der Waals surface area contributed by atoms with Crippen LogP contribution in [0.2, 0.25) is 0 Å². The first-order chi connectivity index (χ1) is 7.89. The molecule has 1 atom stereocenters. The molecule has 1 heterocycles. The van der Waals surface area contributed by atoms with Gasteiger partial charge in [0.15, 0.2) is 9.84 Å². The fourth-order valence-electron chi connectivity index (χ4n) is 1.62. The average molecular weight is 263 g/mol. The zero-order valence-corrected chi connectivity index (χ0v) is 10.3. The molecule has 1 rings (SSSR count). The molecule has 0 aromatic rings. The lowest BCUT2D eigenvalue weighted by atomic mass is 10.2. The van der Waals surface area contributed by atoms with Gasteiger partial charge in [-0.1, -0.05) is 0 Å². The Kier molecular flexibility index (Phi) is 4.88. The van der Waals surface area contributed by atoms with Gasteiger partial charge in [-0.2, -0.15) is 0 Å². The summed E-state index contributed by atoms with van der Waals surface area (Å²) in [6, 6.07) is -0.345. The lowest BCUT2D eigenvalue weighted by Gasteiger charge is -2.23. The van der Waals surface area contributed by atoms with Gasteiger partial charge in [-0.25, -0.2) is 8.42 Å². The number of rotatable bonds is 5. The minimum absolute atomic E-state index is 0.0176. The summed E-state index contributed by atoms with van der Waals surface area (Å²) in [5.41, 5.74) is 4.92. The van der Waals surface area contributed by atoms with Crippen molar-refractivity contribution in [3.05, 3.63) is 0 Å². The van der Waals surface area contributed by atoms with E-state index < -0.39 is 15.7 Å². The molecule has 4 N–H and O–H groups in total. The minimum Gasteiger partial charge on any atom is -0.370 e. The molecule has 7 nitrogen and oxygen atoms in total. The van der Waals surface area contributed by atoms with Gasteiger partial charge in [0.05, 0.1) is 11.5 Å². The average Bonchev–Trinajstić information content (AvgIpc) is 2.14. The standard InChI is InChI=1S/C9H17N3O4S/c10-8(13)1-2-12-9(14)5-7-6-17(15,16)4-3-11-7/h7,11H,1-6H2,(H2,10,13)(H,12,14). The Morgan fingerprint density at radius 3 is 2.71 bits per heavy atom. The molecule has 17 heavy (non-hydrogen) atoms. The largest absolute Gasteiger partial charge is 0.370 e. The van der Waals surface area contributed by atoms with E-state index in [-0.39, 0.29) is 42.8 Å². The summed E-state index contributed by atoms with van der Waals surface area (Å²) >= 11 is 0.